The third kappa shape index (κ3) is 4.56. The highest BCUT2D eigenvalue weighted by molar-refractivity contribution is 7.12. The zero-order valence-electron chi connectivity index (χ0n) is 14.3. The van der Waals surface area contributed by atoms with Crippen molar-refractivity contribution in [2.75, 3.05) is 7.11 Å². The number of allylic oxidation sites excluding steroid dienone is 1. The van der Waals surface area contributed by atoms with E-state index in [4.69, 9.17) is 21.1 Å². The maximum absolute atomic E-state index is 12.1. The van der Waals surface area contributed by atoms with Crippen LogP contribution < -0.4 is 9.47 Å². The Bertz CT molecular complexity index is 1020. The molecule has 3 aromatic rings. The minimum Gasteiger partial charge on any atom is -0.493 e. The molecule has 0 atom stereocenters. The van der Waals surface area contributed by atoms with E-state index in [0.29, 0.717) is 27.0 Å². The number of hydrogen-bond donors (Lipinski definition) is 0. The molecule has 0 radical (unpaired) electrons. The van der Waals surface area contributed by atoms with Gasteiger partial charge in [-0.2, -0.15) is 5.26 Å². The first-order valence-corrected chi connectivity index (χ1v) is 9.18. The Morgan fingerprint density at radius 2 is 1.93 bits per heavy atom. The quantitative estimate of drug-likeness (QED) is 0.241. The van der Waals surface area contributed by atoms with Crippen LogP contribution in [0.1, 0.15) is 20.8 Å². The van der Waals surface area contributed by atoms with E-state index < -0.39 is 5.97 Å². The van der Waals surface area contributed by atoms with Gasteiger partial charge >= 0.3 is 5.97 Å². The summed E-state index contributed by atoms with van der Waals surface area (Å²) >= 11 is 7.20. The van der Waals surface area contributed by atoms with Crippen LogP contribution in [0.3, 0.4) is 0 Å². The average Bonchev–Trinajstić information content (AvgIpc) is 3.23. The second kappa shape index (κ2) is 8.54. The Hall–Kier alpha value is -3.07. The van der Waals surface area contributed by atoms with Gasteiger partial charge in [0.2, 0.25) is 0 Å². The molecule has 0 unspecified atom stereocenters. The monoisotopic (exact) mass is 395 g/mol. The predicted octanol–water partition coefficient (Wildman–Crippen LogP) is 5.69. The standard InChI is InChI=1S/C21H14ClNO3S/c1-25-19-12-14(11-16(13-23)15-5-7-17(22)8-6-15)4-9-18(19)26-21(24)20-3-2-10-27-20/h2-12H,1H3. The number of thiophene rings is 1. The van der Waals surface area contributed by atoms with Crippen molar-refractivity contribution >= 4 is 40.6 Å². The van der Waals surface area contributed by atoms with E-state index in [1.54, 1.807) is 60.7 Å². The molecule has 134 valence electrons. The van der Waals surface area contributed by atoms with Crippen LogP contribution >= 0.6 is 22.9 Å². The van der Waals surface area contributed by atoms with Gasteiger partial charge in [0.1, 0.15) is 4.88 Å². The van der Waals surface area contributed by atoms with Gasteiger partial charge in [0, 0.05) is 5.02 Å². The topological polar surface area (TPSA) is 59.3 Å². The molecule has 0 amide bonds. The smallest absolute Gasteiger partial charge is 0.353 e. The van der Waals surface area contributed by atoms with Crippen LogP contribution in [-0.2, 0) is 0 Å². The van der Waals surface area contributed by atoms with Gasteiger partial charge < -0.3 is 9.47 Å². The fourth-order valence-corrected chi connectivity index (χ4v) is 3.10. The summed E-state index contributed by atoms with van der Waals surface area (Å²) in [5.74, 6) is 0.283. The first-order chi connectivity index (χ1) is 13.1. The number of nitrogens with zero attached hydrogens (tertiary/aromatic N) is 1. The molecule has 4 nitrogen and oxygen atoms in total. The third-order valence-corrected chi connectivity index (χ3v) is 4.80. The van der Waals surface area contributed by atoms with E-state index in [-0.39, 0.29) is 0 Å². The molecule has 0 fully saturated rings. The number of halogens is 1. The molecule has 0 aliphatic heterocycles. The van der Waals surface area contributed by atoms with E-state index in [1.165, 1.54) is 18.4 Å². The molecular weight excluding hydrogens is 382 g/mol. The number of rotatable bonds is 5. The number of esters is 1. The molecule has 0 saturated carbocycles. The fraction of sp³-hybridized carbons (Fsp3) is 0.0476. The molecule has 1 aromatic heterocycles. The highest BCUT2D eigenvalue weighted by Gasteiger charge is 2.13. The Morgan fingerprint density at radius 1 is 1.15 bits per heavy atom. The minimum atomic E-state index is -0.439. The lowest BCUT2D eigenvalue weighted by atomic mass is 10.0. The van der Waals surface area contributed by atoms with Crippen molar-refractivity contribution in [1.82, 2.24) is 0 Å². The zero-order chi connectivity index (χ0) is 19.2. The average molecular weight is 396 g/mol. The van der Waals surface area contributed by atoms with Gasteiger partial charge in [-0.1, -0.05) is 35.9 Å². The van der Waals surface area contributed by atoms with E-state index >= 15 is 0 Å². The van der Waals surface area contributed by atoms with E-state index in [0.717, 1.165) is 11.1 Å². The molecule has 27 heavy (non-hydrogen) atoms. The van der Waals surface area contributed by atoms with Gasteiger partial charge in [-0.05, 0) is 52.9 Å². The zero-order valence-corrected chi connectivity index (χ0v) is 15.9. The molecule has 1 heterocycles. The summed E-state index contributed by atoms with van der Waals surface area (Å²) in [4.78, 5) is 12.6. The summed E-state index contributed by atoms with van der Waals surface area (Å²) < 4.78 is 10.7. The van der Waals surface area contributed by atoms with Crippen molar-refractivity contribution < 1.29 is 14.3 Å². The molecule has 0 aliphatic rings. The van der Waals surface area contributed by atoms with Crippen LogP contribution in [0.25, 0.3) is 11.6 Å². The van der Waals surface area contributed by atoms with Gasteiger partial charge in [-0.15, -0.1) is 11.3 Å². The highest BCUT2D eigenvalue weighted by atomic mass is 35.5. The molecule has 0 N–H and O–H groups in total. The molecule has 3 rings (SSSR count). The van der Waals surface area contributed by atoms with E-state index in [1.807, 2.05) is 5.38 Å². The first kappa shape index (κ1) is 18.7. The molecule has 0 aliphatic carbocycles. The number of carbonyl (C=O) groups is 1. The van der Waals surface area contributed by atoms with Crippen LogP contribution in [0.2, 0.25) is 5.02 Å². The molecule has 0 spiro atoms. The number of methoxy groups -OCH3 is 1. The number of carbonyl (C=O) groups excluding carboxylic acids is 1. The summed E-state index contributed by atoms with van der Waals surface area (Å²) in [6.45, 7) is 0. The summed E-state index contributed by atoms with van der Waals surface area (Å²) in [5.41, 5.74) is 1.99. The van der Waals surface area contributed by atoms with Crippen molar-refractivity contribution in [3.8, 4) is 17.6 Å². The summed E-state index contributed by atoms with van der Waals surface area (Å²) in [7, 11) is 1.50. The Kier molecular flexibility index (Phi) is 5.92. The lowest BCUT2D eigenvalue weighted by Gasteiger charge is -2.09. The highest BCUT2D eigenvalue weighted by Crippen LogP contribution is 2.31. The first-order valence-electron chi connectivity index (χ1n) is 7.92. The lowest BCUT2D eigenvalue weighted by molar-refractivity contribution is 0.0735. The number of hydrogen-bond acceptors (Lipinski definition) is 5. The van der Waals surface area contributed by atoms with Crippen LogP contribution in [-0.4, -0.2) is 13.1 Å². The number of ether oxygens (including phenoxy) is 2. The van der Waals surface area contributed by atoms with Gasteiger partial charge in [-0.3, -0.25) is 0 Å². The van der Waals surface area contributed by atoms with Crippen LogP contribution in [0.4, 0.5) is 0 Å². The molecule has 6 heteroatoms. The van der Waals surface area contributed by atoms with Gasteiger partial charge in [0.25, 0.3) is 0 Å². The molecular formula is C21H14ClNO3S. The minimum absolute atomic E-state index is 0.318. The van der Waals surface area contributed by atoms with Crippen molar-refractivity contribution in [2.45, 2.75) is 0 Å². The molecule has 0 saturated heterocycles. The number of benzene rings is 2. The van der Waals surface area contributed by atoms with Crippen molar-refractivity contribution in [1.29, 1.82) is 5.26 Å². The maximum atomic E-state index is 12.1. The van der Waals surface area contributed by atoms with Gasteiger partial charge in [0.05, 0.1) is 18.8 Å². The van der Waals surface area contributed by atoms with Crippen LogP contribution in [0.5, 0.6) is 11.5 Å². The van der Waals surface area contributed by atoms with Crippen molar-refractivity contribution in [3.63, 3.8) is 0 Å². The summed E-state index contributed by atoms with van der Waals surface area (Å²) in [6.07, 6.45) is 1.73. The van der Waals surface area contributed by atoms with E-state index in [9.17, 15) is 10.1 Å². The van der Waals surface area contributed by atoms with Gasteiger partial charge in [0.15, 0.2) is 11.5 Å². The Morgan fingerprint density at radius 3 is 2.56 bits per heavy atom. The fourth-order valence-electron chi connectivity index (χ4n) is 2.38. The van der Waals surface area contributed by atoms with Gasteiger partial charge in [-0.25, -0.2) is 4.79 Å². The van der Waals surface area contributed by atoms with Crippen LogP contribution in [0, 0.1) is 11.3 Å². The summed E-state index contributed by atoms with van der Waals surface area (Å²) in [6, 6.07) is 17.8. The van der Waals surface area contributed by atoms with Crippen LogP contribution in [0.15, 0.2) is 60.0 Å². The maximum Gasteiger partial charge on any atom is 0.353 e. The second-order valence-electron chi connectivity index (χ2n) is 5.45. The predicted molar refractivity (Wildman–Crippen MR) is 107 cm³/mol. The van der Waals surface area contributed by atoms with Crippen molar-refractivity contribution in [2.24, 2.45) is 0 Å². The Labute approximate surface area is 165 Å². The molecule has 2 aromatic carbocycles. The summed E-state index contributed by atoms with van der Waals surface area (Å²) in [5, 5.41) is 11.9. The lowest BCUT2D eigenvalue weighted by Crippen LogP contribution is -2.07. The van der Waals surface area contributed by atoms with E-state index in [2.05, 4.69) is 6.07 Å². The third-order valence-electron chi connectivity index (χ3n) is 3.70. The number of nitriles is 1. The SMILES string of the molecule is COc1cc(C=C(C#N)c2ccc(Cl)cc2)ccc1OC(=O)c1cccs1. The largest absolute Gasteiger partial charge is 0.493 e. The Balaban J connectivity index is 1.88. The second-order valence-corrected chi connectivity index (χ2v) is 6.84. The van der Waals surface area contributed by atoms with Crippen molar-refractivity contribution in [3.05, 3.63) is 81.0 Å². The normalized spacial score (nSPS) is 10.9. The molecule has 0 bridgehead atoms.